The molecule has 1 aliphatic rings. The fourth-order valence-corrected chi connectivity index (χ4v) is 3.55. The van der Waals surface area contributed by atoms with Gasteiger partial charge in [0.05, 0.1) is 10.5 Å². The number of benzene rings is 2. The van der Waals surface area contributed by atoms with Crippen molar-refractivity contribution in [3.63, 3.8) is 0 Å². The number of hydrogen-bond donors (Lipinski definition) is 1. The summed E-state index contributed by atoms with van der Waals surface area (Å²) < 4.78 is 65.1. The van der Waals surface area contributed by atoms with E-state index in [0.717, 1.165) is 10.4 Å². The van der Waals surface area contributed by atoms with Crippen LogP contribution in [0.4, 0.5) is 14.5 Å². The monoisotopic (exact) mass is 456 g/mol. The maximum Gasteiger partial charge on any atom is 0.586 e. The van der Waals surface area contributed by atoms with Gasteiger partial charge in [-0.25, -0.2) is 17.5 Å². The molecule has 1 amide bonds. The summed E-state index contributed by atoms with van der Waals surface area (Å²) >= 11 is 0. The molecule has 0 aliphatic carbocycles. The molecule has 31 heavy (non-hydrogen) atoms. The number of fused-ring (bicyclic) bond motifs is 1. The molecule has 0 aromatic heterocycles. The molecule has 0 fully saturated rings. The van der Waals surface area contributed by atoms with Gasteiger partial charge in [-0.3, -0.25) is 4.79 Å². The van der Waals surface area contributed by atoms with Crippen LogP contribution in [-0.2, 0) is 19.6 Å². The Labute approximate surface area is 176 Å². The second-order valence-electron chi connectivity index (χ2n) is 6.72. The quantitative estimate of drug-likeness (QED) is 0.665. The molecule has 0 saturated heterocycles. The summed E-state index contributed by atoms with van der Waals surface area (Å²) in [4.78, 5) is 24.3. The number of nitrogens with one attached hydrogen (secondary N) is 1. The number of ether oxygens (including phenoxy) is 3. The average Bonchev–Trinajstić information content (AvgIpc) is 2.99. The topological polar surface area (TPSA) is 111 Å². The molecule has 0 saturated carbocycles. The molecule has 9 nitrogen and oxygen atoms in total. The predicted octanol–water partition coefficient (Wildman–Crippen LogP) is 2.36. The summed E-state index contributed by atoms with van der Waals surface area (Å²) in [7, 11) is -1.05. The summed E-state index contributed by atoms with van der Waals surface area (Å²) in [5, 5.41) is 2.37. The molecule has 0 atom stereocenters. The maximum absolute atomic E-state index is 13.1. The predicted molar refractivity (Wildman–Crippen MR) is 104 cm³/mol. The average molecular weight is 456 g/mol. The number of amides is 1. The van der Waals surface area contributed by atoms with Gasteiger partial charge in [-0.05, 0) is 36.8 Å². The van der Waals surface area contributed by atoms with E-state index in [2.05, 4.69) is 14.8 Å². The number of sulfonamides is 1. The van der Waals surface area contributed by atoms with Gasteiger partial charge in [0.2, 0.25) is 10.0 Å². The van der Waals surface area contributed by atoms with Crippen LogP contribution in [-0.4, -0.2) is 51.6 Å². The summed E-state index contributed by atoms with van der Waals surface area (Å²) in [6.07, 6.45) is -3.78. The fraction of sp³-hybridized carbons (Fsp3) is 0.263. The Hall–Kier alpha value is -3.25. The Kier molecular flexibility index (Phi) is 5.87. The molecular formula is C19H18F2N2O7S. The molecular weight excluding hydrogens is 438 g/mol. The summed E-state index contributed by atoms with van der Waals surface area (Å²) in [6, 6.07) is 7.62. The van der Waals surface area contributed by atoms with E-state index in [0.29, 0.717) is 5.56 Å². The first-order valence-electron chi connectivity index (χ1n) is 8.79. The summed E-state index contributed by atoms with van der Waals surface area (Å²) in [6.45, 7) is 0.901. The lowest BCUT2D eigenvalue weighted by Gasteiger charge is -2.13. The number of aryl methyl sites for hydroxylation is 1. The van der Waals surface area contributed by atoms with Crippen LogP contribution in [0.2, 0.25) is 0 Å². The van der Waals surface area contributed by atoms with Crippen LogP contribution >= 0.6 is 0 Å². The highest BCUT2D eigenvalue weighted by Crippen LogP contribution is 2.42. The number of hydrogen-bond acceptors (Lipinski definition) is 7. The van der Waals surface area contributed by atoms with E-state index < -0.39 is 34.8 Å². The lowest BCUT2D eigenvalue weighted by molar-refractivity contribution is -0.286. The van der Waals surface area contributed by atoms with Crippen molar-refractivity contribution in [2.45, 2.75) is 18.1 Å². The highest BCUT2D eigenvalue weighted by molar-refractivity contribution is 7.89. The van der Waals surface area contributed by atoms with E-state index in [1.54, 1.807) is 6.92 Å². The SMILES string of the molecule is Cc1ccc(S(=O)(=O)N(C)C)cc1C(=O)OCC(=O)Nc1ccc2c(c1)OC(F)(F)O2. The molecule has 0 spiro atoms. The Morgan fingerprint density at radius 3 is 2.45 bits per heavy atom. The Morgan fingerprint density at radius 2 is 1.77 bits per heavy atom. The van der Waals surface area contributed by atoms with Crippen molar-refractivity contribution in [1.29, 1.82) is 0 Å². The van der Waals surface area contributed by atoms with Crippen LogP contribution in [0.15, 0.2) is 41.3 Å². The normalized spacial score (nSPS) is 14.4. The van der Waals surface area contributed by atoms with Crippen molar-refractivity contribution < 1.29 is 41.0 Å². The van der Waals surface area contributed by atoms with Gasteiger partial charge < -0.3 is 19.5 Å². The van der Waals surface area contributed by atoms with Crippen molar-refractivity contribution in [3.8, 4) is 11.5 Å². The molecule has 1 heterocycles. The number of nitrogens with zero attached hydrogens (tertiary/aromatic N) is 1. The van der Waals surface area contributed by atoms with Crippen LogP contribution in [0.5, 0.6) is 11.5 Å². The molecule has 1 N–H and O–H groups in total. The van der Waals surface area contributed by atoms with Crippen LogP contribution < -0.4 is 14.8 Å². The first kappa shape index (κ1) is 22.4. The molecule has 12 heteroatoms. The Bertz CT molecular complexity index is 1150. The molecule has 0 bridgehead atoms. The van der Waals surface area contributed by atoms with Gasteiger partial charge in [0.1, 0.15) is 0 Å². The van der Waals surface area contributed by atoms with Crippen LogP contribution in [0.3, 0.4) is 0 Å². The number of carbonyl (C=O) groups is 2. The number of halogens is 2. The van der Waals surface area contributed by atoms with E-state index in [4.69, 9.17) is 4.74 Å². The number of alkyl halides is 2. The van der Waals surface area contributed by atoms with Gasteiger partial charge in [-0.1, -0.05) is 6.07 Å². The van der Waals surface area contributed by atoms with Gasteiger partial charge >= 0.3 is 12.3 Å². The minimum atomic E-state index is -3.78. The van der Waals surface area contributed by atoms with Crippen molar-refractivity contribution in [3.05, 3.63) is 47.5 Å². The fourth-order valence-electron chi connectivity index (χ4n) is 2.62. The Balaban J connectivity index is 1.65. The minimum Gasteiger partial charge on any atom is -0.452 e. The van der Waals surface area contributed by atoms with Crippen LogP contribution in [0.25, 0.3) is 0 Å². The van der Waals surface area contributed by atoms with Crippen molar-refractivity contribution in [1.82, 2.24) is 4.31 Å². The first-order chi connectivity index (χ1) is 14.4. The van der Waals surface area contributed by atoms with Crippen molar-refractivity contribution in [2.75, 3.05) is 26.0 Å². The zero-order valence-electron chi connectivity index (χ0n) is 16.6. The smallest absolute Gasteiger partial charge is 0.452 e. The molecule has 0 unspecified atom stereocenters. The maximum atomic E-state index is 13.1. The highest BCUT2D eigenvalue weighted by atomic mass is 32.2. The van der Waals surface area contributed by atoms with E-state index in [-0.39, 0.29) is 27.6 Å². The summed E-state index contributed by atoms with van der Waals surface area (Å²) in [5.41, 5.74) is 0.567. The summed E-state index contributed by atoms with van der Waals surface area (Å²) in [5.74, 6) is -2.07. The van der Waals surface area contributed by atoms with Gasteiger partial charge in [0, 0.05) is 25.8 Å². The van der Waals surface area contributed by atoms with E-state index >= 15 is 0 Å². The molecule has 0 radical (unpaired) electrons. The number of esters is 1. The minimum absolute atomic E-state index is 0.0129. The molecule has 2 aromatic rings. The first-order valence-corrected chi connectivity index (χ1v) is 10.2. The molecule has 3 rings (SSSR count). The van der Waals surface area contributed by atoms with Gasteiger partial charge in [-0.15, -0.1) is 8.78 Å². The van der Waals surface area contributed by atoms with Gasteiger partial charge in [0.15, 0.2) is 18.1 Å². The zero-order chi connectivity index (χ0) is 23.0. The second-order valence-corrected chi connectivity index (χ2v) is 8.87. The van der Waals surface area contributed by atoms with Crippen molar-refractivity contribution in [2.24, 2.45) is 0 Å². The van der Waals surface area contributed by atoms with Gasteiger partial charge in [0.25, 0.3) is 5.91 Å². The van der Waals surface area contributed by atoms with E-state index in [1.165, 1.54) is 44.4 Å². The number of rotatable bonds is 6. The molecule has 1 aliphatic heterocycles. The van der Waals surface area contributed by atoms with Crippen LogP contribution in [0.1, 0.15) is 15.9 Å². The third-order valence-electron chi connectivity index (χ3n) is 4.23. The third-order valence-corrected chi connectivity index (χ3v) is 6.04. The number of anilines is 1. The van der Waals surface area contributed by atoms with Gasteiger partial charge in [-0.2, -0.15) is 0 Å². The lowest BCUT2D eigenvalue weighted by Crippen LogP contribution is -2.25. The molecule has 166 valence electrons. The third kappa shape index (κ3) is 4.91. The van der Waals surface area contributed by atoms with Crippen molar-refractivity contribution >= 4 is 27.6 Å². The standard InChI is InChI=1S/C19H18F2N2O7S/c1-11-4-6-13(31(26,27)23(2)3)9-14(11)18(25)28-10-17(24)22-12-5-7-15-16(8-12)30-19(20,21)29-15/h4-9H,10H2,1-3H3,(H,22,24). The molecule has 2 aromatic carbocycles. The van der Waals surface area contributed by atoms with E-state index in [1.807, 2.05) is 0 Å². The highest BCUT2D eigenvalue weighted by Gasteiger charge is 2.43. The Morgan fingerprint density at radius 1 is 1.10 bits per heavy atom. The largest absolute Gasteiger partial charge is 0.586 e. The van der Waals surface area contributed by atoms with Crippen LogP contribution in [0, 0.1) is 6.92 Å². The number of carbonyl (C=O) groups excluding carboxylic acids is 2. The second kappa shape index (κ2) is 8.12. The van der Waals surface area contributed by atoms with E-state index in [9.17, 15) is 26.8 Å². The zero-order valence-corrected chi connectivity index (χ0v) is 17.5. The lowest BCUT2D eigenvalue weighted by atomic mass is 10.1.